The summed E-state index contributed by atoms with van der Waals surface area (Å²) in [5.74, 6) is 2.71. The Hall–Kier alpha value is -0.353. The Morgan fingerprint density at radius 1 is 0.966 bits per heavy atom. The molecular formula is C25H46O3Si. The second-order valence-electron chi connectivity index (χ2n) is 13.0. The fraction of sp³-hybridized carbons (Fsp3) is 0.960. The van der Waals surface area contributed by atoms with Crippen LogP contribution in [-0.2, 0) is 9.53 Å². The van der Waals surface area contributed by atoms with Gasteiger partial charge in [0.05, 0.1) is 14.3 Å². The lowest BCUT2D eigenvalue weighted by Crippen LogP contribution is -2.63. The summed E-state index contributed by atoms with van der Waals surface area (Å²) < 4.78 is 5.80. The molecule has 3 rings (SSSR count). The number of aliphatic hydroxyl groups is 1. The van der Waals surface area contributed by atoms with Crippen LogP contribution in [-0.4, -0.2) is 31.0 Å². The Morgan fingerprint density at radius 2 is 1.59 bits per heavy atom. The number of rotatable bonds is 3. The first kappa shape index (κ1) is 23.3. The first-order chi connectivity index (χ1) is 13.2. The van der Waals surface area contributed by atoms with Crippen molar-refractivity contribution in [2.75, 3.05) is 6.23 Å². The van der Waals surface area contributed by atoms with Gasteiger partial charge in [-0.3, -0.25) is 0 Å². The molecule has 4 heteroatoms. The SMILES string of the molecule is C[C@@H]1CCC(O)(C(=O)OC[Si](C)(C)C)[C@@]2(C)CC[C@H]3[C@H](C)CC[C@@H](C[C@H]12)C3(C)C. The van der Waals surface area contributed by atoms with Crippen molar-refractivity contribution in [3.05, 3.63) is 0 Å². The summed E-state index contributed by atoms with van der Waals surface area (Å²) in [6, 6.07) is 0. The van der Waals surface area contributed by atoms with Crippen molar-refractivity contribution in [2.24, 2.45) is 40.4 Å². The molecule has 3 aliphatic carbocycles. The second-order valence-corrected chi connectivity index (χ2v) is 18.4. The molecule has 3 fully saturated rings. The van der Waals surface area contributed by atoms with E-state index in [1.165, 1.54) is 12.8 Å². The third-order valence-corrected chi connectivity index (χ3v) is 10.6. The number of ether oxygens (including phenoxy) is 1. The van der Waals surface area contributed by atoms with Gasteiger partial charge in [-0.1, -0.05) is 60.7 Å². The van der Waals surface area contributed by atoms with Crippen molar-refractivity contribution in [2.45, 2.75) is 105 Å². The van der Waals surface area contributed by atoms with E-state index in [-0.39, 0.29) is 11.4 Å². The topological polar surface area (TPSA) is 46.5 Å². The number of carbonyl (C=O) groups is 1. The quantitative estimate of drug-likeness (QED) is 0.444. The normalized spacial score (nSPS) is 44.9. The van der Waals surface area contributed by atoms with Crippen molar-refractivity contribution in [1.82, 2.24) is 0 Å². The molecule has 3 aliphatic rings. The zero-order valence-electron chi connectivity index (χ0n) is 20.3. The van der Waals surface area contributed by atoms with Gasteiger partial charge in [0, 0.05) is 5.41 Å². The second kappa shape index (κ2) is 7.65. The van der Waals surface area contributed by atoms with Crippen LogP contribution in [0.25, 0.3) is 0 Å². The largest absolute Gasteiger partial charge is 0.467 e. The molecule has 0 aromatic carbocycles. The molecule has 0 amide bonds. The van der Waals surface area contributed by atoms with E-state index < -0.39 is 13.7 Å². The van der Waals surface area contributed by atoms with Gasteiger partial charge in [-0.25, -0.2) is 4.79 Å². The van der Waals surface area contributed by atoms with Crippen molar-refractivity contribution in [1.29, 1.82) is 0 Å². The van der Waals surface area contributed by atoms with E-state index >= 15 is 0 Å². The molecule has 0 saturated heterocycles. The Balaban J connectivity index is 1.94. The molecule has 3 nitrogen and oxygen atoms in total. The van der Waals surface area contributed by atoms with Gasteiger partial charge in [0.2, 0.25) is 0 Å². The highest BCUT2D eigenvalue weighted by molar-refractivity contribution is 6.76. The Bertz CT molecular complexity index is 624. The maximum atomic E-state index is 13.3. The van der Waals surface area contributed by atoms with E-state index in [4.69, 9.17) is 4.74 Å². The van der Waals surface area contributed by atoms with Crippen molar-refractivity contribution < 1.29 is 14.6 Å². The smallest absolute Gasteiger partial charge is 0.338 e. The molecule has 29 heavy (non-hydrogen) atoms. The minimum Gasteiger partial charge on any atom is -0.467 e. The van der Waals surface area contributed by atoms with Crippen LogP contribution in [0.1, 0.15) is 79.6 Å². The Kier molecular flexibility index (Phi) is 6.15. The van der Waals surface area contributed by atoms with Gasteiger partial charge < -0.3 is 9.84 Å². The fourth-order valence-corrected chi connectivity index (χ4v) is 7.96. The van der Waals surface area contributed by atoms with Crippen molar-refractivity contribution in [3.8, 4) is 0 Å². The minimum atomic E-state index is -1.52. The monoisotopic (exact) mass is 422 g/mol. The third kappa shape index (κ3) is 3.97. The van der Waals surface area contributed by atoms with E-state index in [0.717, 1.165) is 31.6 Å². The predicted octanol–water partition coefficient (Wildman–Crippen LogP) is 6.06. The van der Waals surface area contributed by atoms with Crippen LogP contribution in [0.2, 0.25) is 19.6 Å². The summed E-state index contributed by atoms with van der Waals surface area (Å²) in [6.07, 6.45) is 7.81. The lowest BCUT2D eigenvalue weighted by molar-refractivity contribution is -0.209. The van der Waals surface area contributed by atoms with Crippen LogP contribution in [0.15, 0.2) is 0 Å². The van der Waals surface area contributed by atoms with Gasteiger partial charge >= 0.3 is 5.97 Å². The zero-order valence-corrected chi connectivity index (χ0v) is 21.3. The minimum absolute atomic E-state index is 0.336. The van der Waals surface area contributed by atoms with Gasteiger partial charge in [0.25, 0.3) is 0 Å². The summed E-state index contributed by atoms with van der Waals surface area (Å²) >= 11 is 0. The van der Waals surface area contributed by atoms with Gasteiger partial charge in [0.15, 0.2) is 5.60 Å². The summed E-state index contributed by atoms with van der Waals surface area (Å²) in [5.41, 5.74) is -1.36. The molecule has 0 spiro atoms. The number of esters is 1. The summed E-state index contributed by atoms with van der Waals surface area (Å²) in [7, 11) is -1.52. The van der Waals surface area contributed by atoms with Crippen LogP contribution in [0, 0.1) is 40.4 Å². The molecule has 7 atom stereocenters. The van der Waals surface area contributed by atoms with Crippen molar-refractivity contribution in [3.63, 3.8) is 0 Å². The summed E-state index contributed by atoms with van der Waals surface area (Å²) in [4.78, 5) is 13.3. The highest BCUT2D eigenvalue weighted by Crippen LogP contribution is 2.62. The first-order valence-electron chi connectivity index (χ1n) is 12.1. The molecule has 1 unspecified atom stereocenters. The Morgan fingerprint density at radius 3 is 2.21 bits per heavy atom. The molecule has 2 bridgehead atoms. The molecule has 0 aromatic heterocycles. The third-order valence-electron chi connectivity index (χ3n) is 9.56. The fourth-order valence-electron chi connectivity index (χ4n) is 7.39. The van der Waals surface area contributed by atoms with Gasteiger partial charge in [0.1, 0.15) is 0 Å². The summed E-state index contributed by atoms with van der Waals surface area (Å²) in [5, 5.41) is 11.9. The molecule has 0 radical (unpaired) electrons. The number of fused-ring (bicyclic) bond motifs is 3. The van der Waals surface area contributed by atoms with Gasteiger partial charge in [-0.2, -0.15) is 0 Å². The maximum Gasteiger partial charge on any atom is 0.338 e. The van der Waals surface area contributed by atoms with Gasteiger partial charge in [-0.05, 0) is 73.5 Å². The standard InChI is InChI=1S/C25H46O3Si/c1-17-9-10-19-15-21-18(2)11-14-25(27,22(26)28-16-29(6,7)8)24(21,5)13-12-20(17)23(19,3)4/h17-21,27H,9-16H2,1-8H3/t17-,18-,19+,20+,21-,24+,25?/m1/s1. The number of carbonyl (C=O) groups excluding carboxylic acids is 1. The zero-order chi connectivity index (χ0) is 21.8. The lowest BCUT2D eigenvalue weighted by atomic mass is 9.45. The molecule has 3 saturated carbocycles. The van der Waals surface area contributed by atoms with Crippen LogP contribution in [0.4, 0.5) is 0 Å². The highest BCUT2D eigenvalue weighted by atomic mass is 28.3. The van der Waals surface area contributed by atoms with Crippen LogP contribution in [0.5, 0.6) is 0 Å². The van der Waals surface area contributed by atoms with E-state index in [0.29, 0.717) is 41.7 Å². The maximum absolute atomic E-state index is 13.3. The van der Waals surface area contributed by atoms with Crippen LogP contribution in [0.3, 0.4) is 0 Å². The lowest BCUT2D eigenvalue weighted by Gasteiger charge is -2.60. The predicted molar refractivity (Wildman–Crippen MR) is 122 cm³/mol. The average molecular weight is 423 g/mol. The van der Waals surface area contributed by atoms with E-state index in [2.05, 4.69) is 54.3 Å². The van der Waals surface area contributed by atoms with E-state index in [1.54, 1.807) is 0 Å². The molecule has 0 aliphatic heterocycles. The molecule has 0 aromatic rings. The molecule has 168 valence electrons. The molecular weight excluding hydrogens is 376 g/mol. The first-order valence-corrected chi connectivity index (χ1v) is 15.8. The summed E-state index contributed by atoms with van der Waals surface area (Å²) in [6.45, 7) is 18.6. The molecule has 0 heterocycles. The number of hydrogen-bond acceptors (Lipinski definition) is 3. The van der Waals surface area contributed by atoms with E-state index in [1.807, 2.05) is 0 Å². The van der Waals surface area contributed by atoms with Gasteiger partial charge in [-0.15, -0.1) is 0 Å². The van der Waals surface area contributed by atoms with Crippen LogP contribution < -0.4 is 0 Å². The number of hydrogen-bond donors (Lipinski definition) is 1. The van der Waals surface area contributed by atoms with E-state index in [9.17, 15) is 9.90 Å². The Labute approximate surface area is 180 Å². The molecule has 1 N–H and O–H groups in total. The average Bonchev–Trinajstić information content (AvgIpc) is 2.60. The van der Waals surface area contributed by atoms with Crippen LogP contribution >= 0.6 is 0 Å². The van der Waals surface area contributed by atoms with Crippen molar-refractivity contribution >= 4 is 14.0 Å². The highest BCUT2D eigenvalue weighted by Gasteiger charge is 2.62.